The van der Waals surface area contributed by atoms with Gasteiger partial charge in [0.1, 0.15) is 0 Å². The molecule has 6 nitrogen and oxygen atoms in total. The van der Waals surface area contributed by atoms with E-state index in [1.54, 1.807) is 19.3 Å². The van der Waals surface area contributed by atoms with Crippen molar-refractivity contribution >= 4 is 0 Å². The lowest BCUT2D eigenvalue weighted by Gasteiger charge is -2.03. The fourth-order valence-corrected chi connectivity index (χ4v) is 1.32. The van der Waals surface area contributed by atoms with E-state index in [9.17, 15) is 4.79 Å². The summed E-state index contributed by atoms with van der Waals surface area (Å²) in [7, 11) is 1.44. The monoisotopic (exact) mass is 206 g/mol. The molecule has 0 fully saturated rings. The Labute approximate surface area is 85.4 Å². The number of methoxy groups -OCH3 is 1. The molecule has 2 aromatic heterocycles. The van der Waals surface area contributed by atoms with Gasteiger partial charge in [-0.05, 0) is 6.92 Å². The number of nitrogens with zero attached hydrogens (tertiary/aromatic N) is 2. The summed E-state index contributed by atoms with van der Waals surface area (Å²) in [6.07, 6.45) is 3.25. The van der Waals surface area contributed by atoms with E-state index in [-0.39, 0.29) is 11.3 Å². The van der Waals surface area contributed by atoms with Gasteiger partial charge in [0.05, 0.1) is 12.8 Å². The first-order chi connectivity index (χ1) is 7.22. The number of ether oxygens (including phenoxy) is 1. The molecule has 0 amide bonds. The molecule has 6 heteroatoms. The average molecular weight is 206 g/mol. The maximum atomic E-state index is 11.5. The highest BCUT2D eigenvalue weighted by Crippen LogP contribution is 2.12. The molecule has 0 aromatic carbocycles. The smallest absolute Gasteiger partial charge is 0.293 e. The maximum absolute atomic E-state index is 11.5. The second-order valence-electron chi connectivity index (χ2n) is 2.97. The summed E-state index contributed by atoms with van der Waals surface area (Å²) in [5.74, 6) is 1.16. The van der Waals surface area contributed by atoms with Crippen LogP contribution in [0.15, 0.2) is 17.2 Å². The third-order valence-electron chi connectivity index (χ3n) is 1.97. The van der Waals surface area contributed by atoms with E-state index < -0.39 is 0 Å². The molecule has 0 spiro atoms. The van der Waals surface area contributed by atoms with E-state index in [1.165, 1.54) is 7.11 Å². The van der Waals surface area contributed by atoms with Crippen molar-refractivity contribution in [3.63, 3.8) is 0 Å². The Bertz CT molecular complexity index is 515. The molecule has 0 saturated heterocycles. The molecule has 15 heavy (non-hydrogen) atoms. The summed E-state index contributed by atoms with van der Waals surface area (Å²) in [6, 6.07) is 0. The number of H-pyrrole nitrogens is 2. The summed E-state index contributed by atoms with van der Waals surface area (Å²) in [6.45, 7) is 1.71. The first-order valence-corrected chi connectivity index (χ1v) is 4.37. The predicted molar refractivity (Wildman–Crippen MR) is 53.7 cm³/mol. The third kappa shape index (κ3) is 1.61. The molecule has 78 valence electrons. The Hall–Kier alpha value is -2.11. The van der Waals surface area contributed by atoms with Gasteiger partial charge in [0, 0.05) is 12.4 Å². The van der Waals surface area contributed by atoms with Gasteiger partial charge in [0.15, 0.2) is 11.6 Å². The second-order valence-corrected chi connectivity index (χ2v) is 2.97. The predicted octanol–water partition coefficient (Wildman–Crippen LogP) is 0.477. The van der Waals surface area contributed by atoms with Gasteiger partial charge in [0.2, 0.25) is 5.75 Å². The number of rotatable bonds is 2. The number of aromatic nitrogens is 4. The molecule has 2 heterocycles. The lowest BCUT2D eigenvalue weighted by molar-refractivity contribution is 0.402. The summed E-state index contributed by atoms with van der Waals surface area (Å²) in [5, 5.41) is 0. The molecule has 2 rings (SSSR count). The van der Waals surface area contributed by atoms with Crippen molar-refractivity contribution in [3.8, 4) is 17.4 Å². The average Bonchev–Trinajstić information content (AvgIpc) is 2.69. The Morgan fingerprint density at radius 2 is 2.20 bits per heavy atom. The van der Waals surface area contributed by atoms with Crippen LogP contribution in [-0.4, -0.2) is 27.0 Å². The highest BCUT2D eigenvalue weighted by atomic mass is 16.5. The van der Waals surface area contributed by atoms with Crippen LogP contribution >= 0.6 is 0 Å². The fraction of sp³-hybridized carbons (Fsp3) is 0.222. The SMILES string of the molecule is COc1c(C)nc(-c2ncc[nH]2)[nH]c1=O. The minimum atomic E-state index is -0.309. The lowest BCUT2D eigenvalue weighted by atomic mass is 10.4. The van der Waals surface area contributed by atoms with Crippen LogP contribution in [0.5, 0.6) is 5.75 Å². The van der Waals surface area contributed by atoms with E-state index in [1.807, 2.05) is 0 Å². The molecule has 0 unspecified atom stereocenters. The second kappa shape index (κ2) is 3.56. The molecular formula is C9H10N4O2. The van der Waals surface area contributed by atoms with E-state index in [4.69, 9.17) is 4.74 Å². The van der Waals surface area contributed by atoms with Gasteiger partial charge in [0.25, 0.3) is 5.56 Å². The van der Waals surface area contributed by atoms with E-state index in [0.717, 1.165) is 0 Å². The van der Waals surface area contributed by atoms with Gasteiger partial charge in [-0.2, -0.15) is 0 Å². The number of aryl methyl sites for hydroxylation is 1. The number of aromatic amines is 2. The van der Waals surface area contributed by atoms with Gasteiger partial charge in [-0.15, -0.1) is 0 Å². The maximum Gasteiger partial charge on any atom is 0.293 e. The fourth-order valence-electron chi connectivity index (χ4n) is 1.32. The van der Waals surface area contributed by atoms with Crippen molar-refractivity contribution in [2.24, 2.45) is 0 Å². The van der Waals surface area contributed by atoms with Crippen molar-refractivity contribution in [2.45, 2.75) is 6.92 Å². The molecule has 0 saturated carbocycles. The van der Waals surface area contributed by atoms with Crippen LogP contribution in [-0.2, 0) is 0 Å². The zero-order valence-electron chi connectivity index (χ0n) is 8.37. The zero-order chi connectivity index (χ0) is 10.8. The largest absolute Gasteiger partial charge is 0.490 e. The van der Waals surface area contributed by atoms with E-state index in [0.29, 0.717) is 17.3 Å². The molecule has 2 N–H and O–H groups in total. The van der Waals surface area contributed by atoms with Crippen LogP contribution in [0.4, 0.5) is 0 Å². The quantitative estimate of drug-likeness (QED) is 0.748. The van der Waals surface area contributed by atoms with Crippen molar-refractivity contribution in [1.82, 2.24) is 19.9 Å². The summed E-state index contributed by atoms with van der Waals surface area (Å²) in [5.41, 5.74) is 0.226. The third-order valence-corrected chi connectivity index (χ3v) is 1.97. The highest BCUT2D eigenvalue weighted by Gasteiger charge is 2.10. The molecular weight excluding hydrogens is 196 g/mol. The van der Waals surface area contributed by atoms with Gasteiger partial charge < -0.3 is 14.7 Å². The van der Waals surface area contributed by atoms with Gasteiger partial charge in [-0.1, -0.05) is 0 Å². The number of imidazole rings is 1. The molecule has 0 aliphatic heterocycles. The highest BCUT2D eigenvalue weighted by molar-refractivity contribution is 5.44. The van der Waals surface area contributed by atoms with Crippen molar-refractivity contribution in [2.75, 3.05) is 7.11 Å². The van der Waals surface area contributed by atoms with Gasteiger partial charge in [-0.3, -0.25) is 4.79 Å². The first kappa shape index (κ1) is 9.45. The normalized spacial score (nSPS) is 10.3. The first-order valence-electron chi connectivity index (χ1n) is 4.37. The molecule has 0 aliphatic carbocycles. The number of nitrogens with one attached hydrogen (secondary N) is 2. The Kier molecular flexibility index (Phi) is 2.24. The van der Waals surface area contributed by atoms with Crippen LogP contribution < -0.4 is 10.3 Å². The standard InChI is InChI=1S/C9H10N4O2/c1-5-6(15-2)9(14)13-8(12-5)7-10-3-4-11-7/h3-4H,1-2H3,(H,10,11)(H,12,13,14). The Balaban J connectivity index is 2.58. The van der Waals surface area contributed by atoms with Crippen LogP contribution in [0.3, 0.4) is 0 Å². The van der Waals surface area contributed by atoms with Crippen molar-refractivity contribution in [3.05, 3.63) is 28.4 Å². The van der Waals surface area contributed by atoms with Crippen LogP contribution in [0.1, 0.15) is 5.69 Å². The lowest BCUT2D eigenvalue weighted by Crippen LogP contribution is -2.14. The molecule has 0 aliphatic rings. The Morgan fingerprint density at radius 3 is 2.73 bits per heavy atom. The number of hydrogen-bond donors (Lipinski definition) is 2. The van der Waals surface area contributed by atoms with Crippen LogP contribution in [0, 0.1) is 6.92 Å². The number of hydrogen-bond acceptors (Lipinski definition) is 4. The minimum Gasteiger partial charge on any atom is -0.490 e. The molecule has 0 bridgehead atoms. The summed E-state index contributed by atoms with van der Waals surface area (Å²) >= 11 is 0. The van der Waals surface area contributed by atoms with Crippen molar-refractivity contribution < 1.29 is 4.74 Å². The van der Waals surface area contributed by atoms with E-state index in [2.05, 4.69) is 19.9 Å². The molecule has 0 radical (unpaired) electrons. The topological polar surface area (TPSA) is 83.7 Å². The zero-order valence-corrected chi connectivity index (χ0v) is 8.37. The summed E-state index contributed by atoms with van der Waals surface area (Å²) < 4.78 is 4.91. The van der Waals surface area contributed by atoms with Crippen LogP contribution in [0.25, 0.3) is 11.6 Å². The van der Waals surface area contributed by atoms with Crippen molar-refractivity contribution in [1.29, 1.82) is 0 Å². The van der Waals surface area contributed by atoms with E-state index >= 15 is 0 Å². The summed E-state index contributed by atoms with van der Waals surface area (Å²) in [4.78, 5) is 25.1. The Morgan fingerprint density at radius 1 is 1.40 bits per heavy atom. The molecule has 0 atom stereocenters. The molecule has 2 aromatic rings. The van der Waals surface area contributed by atoms with Gasteiger partial charge in [-0.25, -0.2) is 9.97 Å². The van der Waals surface area contributed by atoms with Gasteiger partial charge >= 0.3 is 0 Å². The minimum absolute atomic E-state index is 0.227. The van der Waals surface area contributed by atoms with Crippen LogP contribution in [0.2, 0.25) is 0 Å².